The maximum atomic E-state index is 15.6. The maximum absolute atomic E-state index is 15.6. The topological polar surface area (TPSA) is 62.3 Å². The molecular weight excluding hydrogens is 782 g/mol. The normalized spacial score (nSPS) is 17.9. The van der Waals surface area contributed by atoms with Gasteiger partial charge in [0.1, 0.15) is 5.69 Å². The van der Waals surface area contributed by atoms with Gasteiger partial charge in [-0.25, -0.2) is 13.8 Å². The van der Waals surface area contributed by atoms with E-state index in [4.69, 9.17) is 0 Å². The molecule has 2 amide bonds. The first-order chi connectivity index (χ1) is 24.1. The molecule has 0 spiro atoms. The summed E-state index contributed by atoms with van der Waals surface area (Å²) in [6, 6.07) is 15.4. The van der Waals surface area contributed by atoms with Gasteiger partial charge >= 0.3 is 36.3 Å². The first-order valence-electron chi connectivity index (χ1n) is 14.8. The van der Waals surface area contributed by atoms with Crippen LogP contribution in [0.4, 0.5) is 75.9 Å². The molecule has 22 heteroatoms. The lowest BCUT2D eigenvalue weighted by molar-refractivity contribution is -0.485. The number of nitrogens with zero attached hydrogens (tertiary/aromatic N) is 2. The molecule has 2 heterocycles. The molecular formula is C31H23F16N3O2S. The molecule has 1 saturated heterocycles. The minimum atomic E-state index is -8.42. The van der Waals surface area contributed by atoms with Crippen LogP contribution in [0.15, 0.2) is 60.0 Å². The zero-order valence-electron chi connectivity index (χ0n) is 26.3. The van der Waals surface area contributed by atoms with Gasteiger partial charge in [-0.3, -0.25) is 9.59 Å². The van der Waals surface area contributed by atoms with E-state index >= 15 is 17.6 Å². The number of halogens is 16. The average Bonchev–Trinajstić information content (AvgIpc) is 3.53. The molecule has 1 fully saturated rings. The van der Waals surface area contributed by atoms with Crippen molar-refractivity contribution in [3.8, 4) is 11.1 Å². The highest BCUT2D eigenvalue weighted by Gasteiger charge is 3.00. The molecule has 1 aromatic heterocycles. The molecule has 0 radical (unpaired) electrons. The molecule has 3 aromatic rings. The smallest absolute Gasteiger partial charge is 0.337 e. The number of rotatable bonds is 8. The van der Waals surface area contributed by atoms with Crippen molar-refractivity contribution in [2.75, 3.05) is 18.4 Å². The van der Waals surface area contributed by atoms with Crippen LogP contribution in [0.25, 0.3) is 11.1 Å². The number of likely N-dealkylation sites (tertiary alicyclic amines) is 1. The van der Waals surface area contributed by atoms with E-state index in [0.717, 1.165) is 16.9 Å². The van der Waals surface area contributed by atoms with E-state index in [1.54, 1.807) is 54.6 Å². The van der Waals surface area contributed by atoms with Crippen molar-refractivity contribution in [1.29, 1.82) is 0 Å². The molecule has 0 bridgehead atoms. The minimum Gasteiger partial charge on any atom is -0.337 e. The number of thiazole rings is 1. The van der Waals surface area contributed by atoms with Crippen LogP contribution < -0.4 is 5.32 Å². The highest BCUT2D eigenvalue weighted by Crippen LogP contribution is 2.72. The first kappa shape index (κ1) is 41.6. The van der Waals surface area contributed by atoms with Gasteiger partial charge in [0.25, 0.3) is 17.2 Å². The standard InChI is InChI=1S/C31H23F16N3O2S/c1-24(32,26(28(36,37)38,29(39,40)41)30(42,43)44)27(35,31(45,46)47)25(33,34)23(52)50-13-11-17(12-14-50)22-49-20(15-53-22)21(51)48-19-10-6-5-9-18(19)16-7-3-2-4-8-16/h2-10,15,17H,11-14H2,1H3,(H,48,51). The predicted molar refractivity (Wildman–Crippen MR) is 155 cm³/mol. The fourth-order valence-corrected chi connectivity index (χ4v) is 7.15. The molecule has 2 unspecified atom stereocenters. The van der Waals surface area contributed by atoms with E-state index in [1.165, 1.54) is 5.38 Å². The number of carbonyl (C=O) groups excluding carboxylic acids is 2. The van der Waals surface area contributed by atoms with Gasteiger partial charge in [-0.1, -0.05) is 48.5 Å². The van der Waals surface area contributed by atoms with E-state index in [9.17, 15) is 62.3 Å². The van der Waals surface area contributed by atoms with Crippen LogP contribution in [0.5, 0.6) is 0 Å². The summed E-state index contributed by atoms with van der Waals surface area (Å²) in [5.41, 5.74) is -22.6. The van der Waals surface area contributed by atoms with Crippen LogP contribution in [0, 0.1) is 5.41 Å². The highest BCUT2D eigenvalue weighted by molar-refractivity contribution is 7.10. The SMILES string of the molecule is CC(F)(C(F)(C(F)(F)F)C(F)(F)C(=O)N1CCC(c2nc(C(=O)Nc3ccccc3-c3ccccc3)cs2)CC1)C(C(F)(F)F)(C(F)(F)F)C(F)(F)F. The summed E-state index contributed by atoms with van der Waals surface area (Å²) in [6.45, 7) is -4.16. The Kier molecular flexibility index (Phi) is 10.7. The lowest BCUT2D eigenvalue weighted by Crippen LogP contribution is -2.81. The van der Waals surface area contributed by atoms with Gasteiger partial charge in [0.05, 0.1) is 5.01 Å². The average molecular weight is 806 g/mol. The molecule has 292 valence electrons. The third kappa shape index (κ3) is 6.68. The Hall–Kier alpha value is -4.11. The Labute approximate surface area is 292 Å². The molecule has 2 aromatic carbocycles. The molecule has 53 heavy (non-hydrogen) atoms. The Morgan fingerprint density at radius 3 is 1.70 bits per heavy atom. The fraction of sp³-hybridized carbons (Fsp3) is 0.452. The van der Waals surface area contributed by atoms with Crippen molar-refractivity contribution in [2.45, 2.75) is 67.6 Å². The number of carbonyl (C=O) groups is 2. The molecule has 0 aliphatic carbocycles. The Morgan fingerprint density at radius 1 is 0.717 bits per heavy atom. The second-order valence-electron chi connectivity index (χ2n) is 12.0. The Bertz CT molecular complexity index is 1760. The summed E-state index contributed by atoms with van der Waals surface area (Å²) in [5, 5.41) is 4.02. The van der Waals surface area contributed by atoms with Gasteiger partial charge in [-0.05, 0) is 31.4 Å². The lowest BCUT2D eigenvalue weighted by atomic mass is 9.62. The van der Waals surface area contributed by atoms with Crippen molar-refractivity contribution in [1.82, 2.24) is 9.88 Å². The summed E-state index contributed by atoms with van der Waals surface area (Å²) < 4.78 is 226. The van der Waals surface area contributed by atoms with E-state index in [1.807, 2.05) is 0 Å². The summed E-state index contributed by atoms with van der Waals surface area (Å²) in [7, 11) is 0. The summed E-state index contributed by atoms with van der Waals surface area (Å²) in [4.78, 5) is 29.4. The maximum Gasteiger partial charge on any atom is 0.432 e. The molecule has 1 aliphatic heterocycles. The van der Waals surface area contributed by atoms with Crippen molar-refractivity contribution >= 4 is 28.8 Å². The van der Waals surface area contributed by atoms with Crippen molar-refractivity contribution in [3.63, 3.8) is 0 Å². The molecule has 1 N–H and O–H groups in total. The van der Waals surface area contributed by atoms with Crippen molar-refractivity contribution in [3.05, 3.63) is 70.7 Å². The van der Waals surface area contributed by atoms with Crippen LogP contribution in [0.2, 0.25) is 0 Å². The number of piperidine rings is 1. The zero-order chi connectivity index (χ0) is 40.2. The van der Waals surface area contributed by atoms with Gasteiger partial charge in [0.15, 0.2) is 5.67 Å². The number of nitrogens with one attached hydrogen (secondary N) is 1. The zero-order valence-corrected chi connectivity index (χ0v) is 27.2. The number of hydrogen-bond donors (Lipinski definition) is 1. The third-order valence-corrected chi connectivity index (χ3v) is 9.87. The minimum absolute atomic E-state index is 0.0992. The molecule has 2 atom stereocenters. The van der Waals surface area contributed by atoms with Gasteiger partial charge in [-0.15, -0.1) is 11.3 Å². The number of alkyl halides is 16. The Morgan fingerprint density at radius 2 is 1.21 bits per heavy atom. The Balaban J connectivity index is 1.58. The van der Waals surface area contributed by atoms with Crippen LogP contribution >= 0.6 is 11.3 Å². The molecule has 0 saturated carbocycles. The second-order valence-corrected chi connectivity index (χ2v) is 12.9. The summed E-state index contributed by atoms with van der Waals surface area (Å²) in [6.07, 6.45) is -33.8. The lowest BCUT2D eigenvalue weighted by Gasteiger charge is -2.52. The summed E-state index contributed by atoms with van der Waals surface area (Å²) in [5.74, 6) is -12.5. The number of aromatic nitrogens is 1. The van der Waals surface area contributed by atoms with Crippen LogP contribution in [0.1, 0.15) is 41.2 Å². The number of benzene rings is 2. The number of para-hydroxylation sites is 1. The monoisotopic (exact) mass is 805 g/mol. The quantitative estimate of drug-likeness (QED) is 0.231. The van der Waals surface area contributed by atoms with E-state index in [2.05, 4.69) is 10.3 Å². The summed E-state index contributed by atoms with van der Waals surface area (Å²) >= 11 is 0.830. The number of anilines is 1. The third-order valence-electron chi connectivity index (χ3n) is 8.86. The molecule has 4 rings (SSSR count). The molecule has 5 nitrogen and oxygen atoms in total. The van der Waals surface area contributed by atoms with Crippen molar-refractivity contribution in [2.24, 2.45) is 5.41 Å². The number of amides is 2. The largest absolute Gasteiger partial charge is 0.432 e. The van der Waals surface area contributed by atoms with Crippen molar-refractivity contribution < 1.29 is 79.8 Å². The highest BCUT2D eigenvalue weighted by atomic mass is 32.1. The van der Waals surface area contributed by atoms with E-state index < -0.39 is 98.0 Å². The van der Waals surface area contributed by atoms with Gasteiger partial charge in [0.2, 0.25) is 0 Å². The van der Waals surface area contributed by atoms with Gasteiger partial charge < -0.3 is 10.2 Å². The first-order valence-corrected chi connectivity index (χ1v) is 15.7. The van der Waals surface area contributed by atoms with Crippen LogP contribution in [-0.4, -0.2) is 76.8 Å². The van der Waals surface area contributed by atoms with Crippen LogP contribution in [0.3, 0.4) is 0 Å². The fourth-order valence-electron chi connectivity index (χ4n) is 6.18. The van der Waals surface area contributed by atoms with Gasteiger partial charge in [0, 0.05) is 35.6 Å². The second kappa shape index (κ2) is 13.6. The van der Waals surface area contributed by atoms with E-state index in [-0.39, 0.29) is 15.6 Å². The van der Waals surface area contributed by atoms with E-state index in [0.29, 0.717) is 11.3 Å². The van der Waals surface area contributed by atoms with Crippen LogP contribution in [-0.2, 0) is 4.79 Å². The van der Waals surface area contributed by atoms with Gasteiger partial charge in [-0.2, -0.15) is 61.5 Å². The predicted octanol–water partition coefficient (Wildman–Crippen LogP) is 10.1. The number of hydrogen-bond acceptors (Lipinski definition) is 4. The molecule has 1 aliphatic rings.